The van der Waals surface area contributed by atoms with E-state index < -0.39 is 0 Å². The van der Waals surface area contributed by atoms with Crippen LogP contribution in [0.3, 0.4) is 0 Å². The predicted molar refractivity (Wildman–Crippen MR) is 30.7 cm³/mol. The Bertz CT molecular complexity index is 74.1. The van der Waals surface area contributed by atoms with E-state index >= 15 is 0 Å². The fourth-order valence-electron chi connectivity index (χ4n) is 0.346. The predicted octanol–water partition coefficient (Wildman–Crippen LogP) is 1.80. The first kappa shape index (κ1) is 6.74. The van der Waals surface area contributed by atoms with Gasteiger partial charge in [-0.15, -0.1) is 11.8 Å². The Labute approximate surface area is 48.1 Å². The normalized spacial score (nSPS) is 16.0. The van der Waals surface area contributed by atoms with E-state index in [1.54, 1.807) is 0 Å². The topological polar surface area (TPSA) is 0 Å². The van der Waals surface area contributed by atoms with Crippen molar-refractivity contribution in [2.75, 3.05) is 5.75 Å². The maximum Gasteiger partial charge on any atom is 0.0157 e. The van der Waals surface area contributed by atoms with Crippen molar-refractivity contribution >= 4 is 11.8 Å². The van der Waals surface area contributed by atoms with Crippen LogP contribution in [0, 0.1) is 6.15 Å². The molecule has 1 aliphatic heterocycles. The van der Waals surface area contributed by atoms with E-state index in [2.05, 4.69) is 17.6 Å². The van der Waals surface area contributed by atoms with Gasteiger partial charge in [0.25, 0.3) is 0 Å². The molecule has 0 aromatic heterocycles. The molecule has 34 valence electrons. The van der Waals surface area contributed by atoms with Gasteiger partial charge in [-0.05, 0) is 5.41 Å². The van der Waals surface area contributed by atoms with Crippen LogP contribution in [0.5, 0.6) is 0 Å². The molecular formula is C5H6HeS. The van der Waals surface area contributed by atoms with E-state index in [4.69, 9.17) is 0 Å². The summed E-state index contributed by atoms with van der Waals surface area (Å²) < 4.78 is 0. The second-order valence-electron chi connectivity index (χ2n) is 1.09. The average molecular weight is 102 g/mol. The van der Waals surface area contributed by atoms with E-state index in [0.29, 0.717) is 0 Å². The fraction of sp³-hybridized carbons (Fsp3) is 0.200. The Hall–Kier alpha value is -0.261. The summed E-state index contributed by atoms with van der Waals surface area (Å²) >= 11 is 1.83. The van der Waals surface area contributed by atoms with Crippen LogP contribution >= 0.6 is 11.8 Å². The van der Waals surface area contributed by atoms with Gasteiger partial charge in [0.05, 0.1) is 0 Å². The number of allylic oxidation sites excluding steroid dienone is 2. The summed E-state index contributed by atoms with van der Waals surface area (Å²) in [5.74, 6) is 1.15. The first-order valence-corrected chi connectivity index (χ1v) is 2.98. The van der Waals surface area contributed by atoms with Crippen molar-refractivity contribution in [2.24, 2.45) is 0 Å². The molecule has 0 radical (unpaired) electrons. The van der Waals surface area contributed by atoms with E-state index in [0.717, 1.165) is 5.75 Å². The van der Waals surface area contributed by atoms with Crippen LogP contribution in [0.4, 0.5) is 0 Å². The minimum absolute atomic E-state index is 0. The van der Waals surface area contributed by atoms with Crippen LogP contribution < -0.4 is 0 Å². The van der Waals surface area contributed by atoms with Gasteiger partial charge in [-0.2, -0.15) is 0 Å². The molecule has 0 saturated carbocycles. The van der Waals surface area contributed by atoms with Crippen LogP contribution in [0.25, 0.3) is 0 Å². The standard InChI is InChI=1S/C5H6S.He/c1-2-4-6-5-3-1;/h1-4H,5H2;. The molecule has 0 aliphatic carbocycles. The Kier molecular flexibility index (Phi) is 3.77. The van der Waals surface area contributed by atoms with E-state index in [-0.39, 0.29) is 6.15 Å². The van der Waals surface area contributed by atoms with Crippen molar-refractivity contribution in [3.63, 3.8) is 0 Å². The monoisotopic (exact) mass is 102 g/mol. The van der Waals surface area contributed by atoms with Crippen molar-refractivity contribution in [3.05, 3.63) is 23.6 Å². The molecule has 0 N–H and O–H groups in total. The Morgan fingerprint density at radius 1 is 1.29 bits per heavy atom. The quantitative estimate of drug-likeness (QED) is 0.449. The maximum atomic E-state index is 2.14. The van der Waals surface area contributed by atoms with Crippen molar-refractivity contribution in [1.29, 1.82) is 0 Å². The molecule has 0 atom stereocenters. The van der Waals surface area contributed by atoms with E-state index in [1.807, 2.05) is 17.8 Å². The van der Waals surface area contributed by atoms with Crippen LogP contribution in [0.2, 0.25) is 0 Å². The van der Waals surface area contributed by atoms with Gasteiger partial charge in [0.2, 0.25) is 0 Å². The summed E-state index contributed by atoms with van der Waals surface area (Å²) in [5.41, 5.74) is 0. The van der Waals surface area contributed by atoms with Crippen molar-refractivity contribution in [2.45, 2.75) is 0 Å². The molecule has 2 heteroatoms. The zero-order valence-electron chi connectivity index (χ0n) is 4.13. The van der Waals surface area contributed by atoms with Gasteiger partial charge in [0, 0.05) is 11.9 Å². The van der Waals surface area contributed by atoms with Crippen molar-refractivity contribution in [3.8, 4) is 0 Å². The van der Waals surface area contributed by atoms with Crippen LogP contribution in [0.1, 0.15) is 0 Å². The third-order valence-electron chi connectivity index (χ3n) is 0.614. The molecule has 0 unspecified atom stereocenters. The molecule has 1 rings (SSSR count). The SMILES string of the molecule is C1=CCSC=C1.[He]. The van der Waals surface area contributed by atoms with E-state index in [1.165, 1.54) is 0 Å². The molecule has 1 aliphatic rings. The third kappa shape index (κ3) is 2.44. The maximum absolute atomic E-state index is 2.14. The van der Waals surface area contributed by atoms with Gasteiger partial charge in [-0.25, -0.2) is 0 Å². The minimum atomic E-state index is 0. The van der Waals surface area contributed by atoms with Gasteiger partial charge in [0.15, 0.2) is 0 Å². The molecule has 7 heavy (non-hydrogen) atoms. The molecule has 0 amide bonds. The molecule has 0 bridgehead atoms. The molecule has 0 spiro atoms. The van der Waals surface area contributed by atoms with Gasteiger partial charge in [-0.3, -0.25) is 0 Å². The Morgan fingerprint density at radius 3 is 2.29 bits per heavy atom. The summed E-state index contributed by atoms with van der Waals surface area (Å²) in [6.07, 6.45) is 6.26. The van der Waals surface area contributed by atoms with Crippen LogP contribution in [0.15, 0.2) is 23.6 Å². The first-order valence-electron chi connectivity index (χ1n) is 1.93. The number of hydrogen-bond acceptors (Lipinski definition) is 1. The molecule has 1 heterocycles. The van der Waals surface area contributed by atoms with Gasteiger partial charge in [-0.1, -0.05) is 18.2 Å². The summed E-state index contributed by atoms with van der Waals surface area (Å²) in [4.78, 5) is 0. The second-order valence-corrected chi connectivity index (χ2v) is 2.03. The number of hydrogen-bond donors (Lipinski definition) is 0. The number of rotatable bonds is 0. The third-order valence-corrected chi connectivity index (χ3v) is 1.35. The first-order chi connectivity index (χ1) is 3.00. The summed E-state index contributed by atoms with van der Waals surface area (Å²) in [5, 5.41) is 2.10. The zero-order chi connectivity index (χ0) is 4.24. The largest absolute Gasteiger partial charge is 0.130 e. The van der Waals surface area contributed by atoms with Crippen LogP contribution in [-0.2, 0) is 0 Å². The van der Waals surface area contributed by atoms with Crippen molar-refractivity contribution in [1.82, 2.24) is 0 Å². The summed E-state index contributed by atoms with van der Waals surface area (Å²) in [6, 6.07) is 0. The molecule has 0 fully saturated rings. The van der Waals surface area contributed by atoms with Gasteiger partial charge < -0.3 is 0 Å². The molecule has 0 nitrogen and oxygen atoms in total. The number of thioether (sulfide) groups is 1. The van der Waals surface area contributed by atoms with Gasteiger partial charge in [0.1, 0.15) is 0 Å². The van der Waals surface area contributed by atoms with Gasteiger partial charge >= 0.3 is 0 Å². The smallest absolute Gasteiger partial charge is 0.0157 e. The minimum Gasteiger partial charge on any atom is -0.130 e. The fourth-order valence-corrected chi connectivity index (χ4v) is 0.881. The van der Waals surface area contributed by atoms with E-state index in [9.17, 15) is 0 Å². The summed E-state index contributed by atoms with van der Waals surface area (Å²) in [6.45, 7) is 0. The van der Waals surface area contributed by atoms with Crippen LogP contribution in [-0.4, -0.2) is 5.75 Å². The Morgan fingerprint density at radius 2 is 2.14 bits per heavy atom. The summed E-state index contributed by atoms with van der Waals surface area (Å²) in [7, 11) is 0. The molecule has 0 aromatic rings. The molecular weight excluding hydrogens is 96.1 g/mol. The zero-order valence-corrected chi connectivity index (χ0v) is 4.95. The van der Waals surface area contributed by atoms with Crippen molar-refractivity contribution < 1.29 is 6.15 Å². The Balaban J connectivity index is 0.000000360. The average Bonchev–Trinajstić information content (AvgIpc) is 1.72. The molecule has 0 aromatic carbocycles. The second kappa shape index (κ2) is 3.91. The molecule has 0 saturated heterocycles.